The van der Waals surface area contributed by atoms with Crippen LogP contribution in [0.25, 0.3) is 0 Å². The summed E-state index contributed by atoms with van der Waals surface area (Å²) in [4.78, 5) is 37.5. The summed E-state index contributed by atoms with van der Waals surface area (Å²) in [6, 6.07) is 15.7. The number of rotatable bonds is 6. The Balaban J connectivity index is 1.87. The minimum Gasteiger partial charge on any atom is -0.468 e. The van der Waals surface area contributed by atoms with E-state index in [-0.39, 0.29) is 22.3 Å². The summed E-state index contributed by atoms with van der Waals surface area (Å²) in [5, 5.41) is 15.9. The molecule has 2 atom stereocenters. The summed E-state index contributed by atoms with van der Waals surface area (Å²) in [6.45, 7) is 0. The van der Waals surface area contributed by atoms with Crippen LogP contribution in [-0.4, -0.2) is 30.6 Å². The van der Waals surface area contributed by atoms with Crippen LogP contribution in [-0.2, 0) is 19.1 Å². The Bertz CT molecular complexity index is 1110. The van der Waals surface area contributed by atoms with Gasteiger partial charge in [-0.25, -0.2) is 0 Å². The molecule has 3 rings (SSSR count). The van der Waals surface area contributed by atoms with Crippen molar-refractivity contribution in [2.75, 3.05) is 18.2 Å². The highest BCUT2D eigenvalue weighted by Crippen LogP contribution is 2.40. The van der Waals surface area contributed by atoms with Crippen molar-refractivity contribution in [2.45, 2.75) is 5.92 Å². The van der Waals surface area contributed by atoms with Gasteiger partial charge in [0.15, 0.2) is 0 Å². The fourth-order valence-corrected chi connectivity index (χ4v) is 4.46. The standard InChI is InChI=1S/C22H17BrClN3O4S/c1-31-22(30)19-18(12-2-6-14(24)7-3-12)16(10-25)21(27-20(19)29)32-11-17(28)26-15-8-4-13(23)5-9-15/h2-9,18-19H,11H2,1H3,(H,26,28)(H,27,29)/t18-,19-/m1/s1. The van der Waals surface area contributed by atoms with Gasteiger partial charge in [0.2, 0.25) is 11.8 Å². The van der Waals surface area contributed by atoms with Crippen LogP contribution in [0.15, 0.2) is 63.6 Å². The zero-order valence-corrected chi connectivity index (χ0v) is 19.9. The molecule has 0 spiro atoms. The predicted octanol–water partition coefficient (Wildman–Crippen LogP) is 4.21. The van der Waals surface area contributed by atoms with Gasteiger partial charge >= 0.3 is 5.97 Å². The molecule has 1 heterocycles. The number of halogens is 2. The van der Waals surface area contributed by atoms with Crippen molar-refractivity contribution in [1.82, 2.24) is 5.32 Å². The van der Waals surface area contributed by atoms with Crippen LogP contribution in [0.1, 0.15) is 11.5 Å². The number of methoxy groups -OCH3 is 1. The monoisotopic (exact) mass is 533 g/mol. The van der Waals surface area contributed by atoms with E-state index in [0.29, 0.717) is 16.3 Å². The van der Waals surface area contributed by atoms with E-state index in [4.69, 9.17) is 16.3 Å². The van der Waals surface area contributed by atoms with Gasteiger partial charge in [-0.15, -0.1) is 0 Å². The first-order chi connectivity index (χ1) is 15.3. The second kappa shape index (κ2) is 10.7. The van der Waals surface area contributed by atoms with Crippen LogP contribution in [0.2, 0.25) is 5.02 Å². The molecule has 2 aromatic rings. The van der Waals surface area contributed by atoms with E-state index in [0.717, 1.165) is 16.2 Å². The fraction of sp³-hybridized carbons (Fsp3) is 0.182. The van der Waals surface area contributed by atoms with Crippen LogP contribution in [0.3, 0.4) is 0 Å². The number of esters is 1. The lowest BCUT2D eigenvalue weighted by Crippen LogP contribution is -2.44. The first kappa shape index (κ1) is 23.9. The van der Waals surface area contributed by atoms with Crippen molar-refractivity contribution >= 4 is 62.8 Å². The van der Waals surface area contributed by atoms with E-state index >= 15 is 0 Å². The Kier molecular flexibility index (Phi) is 7.96. The molecule has 164 valence electrons. The molecular formula is C22H17BrClN3O4S. The number of ether oxygens (including phenoxy) is 1. The van der Waals surface area contributed by atoms with Gasteiger partial charge < -0.3 is 15.4 Å². The number of benzene rings is 2. The highest BCUT2D eigenvalue weighted by Gasteiger charge is 2.44. The molecule has 10 heteroatoms. The van der Waals surface area contributed by atoms with E-state index in [1.165, 1.54) is 7.11 Å². The van der Waals surface area contributed by atoms with Gasteiger partial charge in [-0.05, 0) is 42.0 Å². The van der Waals surface area contributed by atoms with Crippen molar-refractivity contribution in [3.63, 3.8) is 0 Å². The SMILES string of the molecule is COC(=O)[C@H]1C(=O)NC(SCC(=O)Nc2ccc(Br)cc2)=C(C#N)[C@H]1c1ccc(Cl)cc1. The maximum absolute atomic E-state index is 12.8. The lowest BCUT2D eigenvalue weighted by Gasteiger charge is -2.30. The molecule has 0 radical (unpaired) electrons. The van der Waals surface area contributed by atoms with Crippen LogP contribution in [0.5, 0.6) is 0 Å². The topological polar surface area (TPSA) is 108 Å². The number of allylic oxidation sites excluding steroid dienone is 1. The molecule has 7 nitrogen and oxygen atoms in total. The Labute approximate surface area is 202 Å². The van der Waals surface area contributed by atoms with Gasteiger partial charge in [0, 0.05) is 21.1 Å². The summed E-state index contributed by atoms with van der Waals surface area (Å²) in [5.41, 5.74) is 1.35. The van der Waals surface area contributed by atoms with E-state index in [9.17, 15) is 19.6 Å². The third kappa shape index (κ3) is 5.51. The normalized spacial score (nSPS) is 17.9. The predicted molar refractivity (Wildman–Crippen MR) is 126 cm³/mol. The highest BCUT2D eigenvalue weighted by atomic mass is 79.9. The number of hydrogen-bond donors (Lipinski definition) is 2. The molecule has 0 saturated heterocycles. The van der Waals surface area contributed by atoms with Gasteiger partial charge in [-0.2, -0.15) is 5.26 Å². The summed E-state index contributed by atoms with van der Waals surface area (Å²) in [7, 11) is 1.18. The molecule has 2 aromatic carbocycles. The average molecular weight is 535 g/mol. The second-order valence-electron chi connectivity index (χ2n) is 6.72. The Hall–Kier alpha value is -2.80. The molecule has 0 fully saturated rings. The second-order valence-corrected chi connectivity index (χ2v) is 9.06. The quantitative estimate of drug-likeness (QED) is 0.425. The van der Waals surface area contributed by atoms with Gasteiger partial charge in [-0.3, -0.25) is 14.4 Å². The molecule has 32 heavy (non-hydrogen) atoms. The largest absolute Gasteiger partial charge is 0.468 e. The maximum atomic E-state index is 12.8. The van der Waals surface area contributed by atoms with E-state index < -0.39 is 23.7 Å². The molecule has 1 aliphatic rings. The number of amides is 2. The fourth-order valence-electron chi connectivity index (χ4n) is 3.22. The zero-order chi connectivity index (χ0) is 23.3. The number of hydrogen-bond acceptors (Lipinski definition) is 6. The summed E-state index contributed by atoms with van der Waals surface area (Å²) < 4.78 is 5.69. The van der Waals surface area contributed by atoms with E-state index in [2.05, 4.69) is 32.6 Å². The molecule has 1 aliphatic heterocycles. The van der Waals surface area contributed by atoms with E-state index in [1.54, 1.807) is 48.5 Å². The van der Waals surface area contributed by atoms with Crippen molar-refractivity contribution in [3.05, 3.63) is 74.2 Å². The average Bonchev–Trinajstić information content (AvgIpc) is 2.78. The van der Waals surface area contributed by atoms with Crippen LogP contribution in [0.4, 0.5) is 5.69 Å². The first-order valence-corrected chi connectivity index (χ1v) is 11.5. The molecule has 2 N–H and O–H groups in total. The van der Waals surface area contributed by atoms with Crippen LogP contribution in [0, 0.1) is 17.2 Å². The Morgan fingerprint density at radius 3 is 2.47 bits per heavy atom. The molecular weight excluding hydrogens is 518 g/mol. The van der Waals surface area contributed by atoms with Gasteiger partial charge in [0.1, 0.15) is 5.92 Å². The Morgan fingerprint density at radius 2 is 1.88 bits per heavy atom. The van der Waals surface area contributed by atoms with Gasteiger partial charge in [0.25, 0.3) is 0 Å². The molecule has 2 amide bonds. The third-order valence-corrected chi connectivity index (χ3v) is 6.49. The number of anilines is 1. The molecule has 0 aliphatic carbocycles. The van der Waals surface area contributed by atoms with Gasteiger partial charge in [0.05, 0.1) is 29.5 Å². The first-order valence-electron chi connectivity index (χ1n) is 9.30. The smallest absolute Gasteiger partial charge is 0.319 e. The number of thioether (sulfide) groups is 1. The summed E-state index contributed by atoms with van der Waals surface area (Å²) in [5.74, 6) is -3.83. The van der Waals surface area contributed by atoms with Crippen molar-refractivity contribution in [3.8, 4) is 6.07 Å². The highest BCUT2D eigenvalue weighted by molar-refractivity contribution is 9.10. The number of carbonyl (C=O) groups excluding carboxylic acids is 3. The van der Waals surface area contributed by atoms with Crippen molar-refractivity contribution < 1.29 is 19.1 Å². The summed E-state index contributed by atoms with van der Waals surface area (Å²) in [6.07, 6.45) is 0. The minimum absolute atomic E-state index is 0.0485. The lowest BCUT2D eigenvalue weighted by atomic mass is 9.78. The van der Waals surface area contributed by atoms with Crippen LogP contribution >= 0.6 is 39.3 Å². The maximum Gasteiger partial charge on any atom is 0.319 e. The molecule has 0 aromatic heterocycles. The molecule has 0 unspecified atom stereocenters. The number of nitriles is 1. The van der Waals surface area contributed by atoms with Gasteiger partial charge in [-0.1, -0.05) is 51.4 Å². The third-order valence-electron chi connectivity index (χ3n) is 4.69. The number of nitrogens with one attached hydrogen (secondary N) is 2. The zero-order valence-electron chi connectivity index (χ0n) is 16.7. The van der Waals surface area contributed by atoms with Crippen molar-refractivity contribution in [1.29, 1.82) is 5.26 Å². The minimum atomic E-state index is -1.24. The number of carbonyl (C=O) groups is 3. The van der Waals surface area contributed by atoms with Crippen LogP contribution < -0.4 is 10.6 Å². The molecule has 0 saturated carbocycles. The summed E-state index contributed by atoms with van der Waals surface area (Å²) >= 11 is 10.3. The van der Waals surface area contributed by atoms with Crippen molar-refractivity contribution in [2.24, 2.45) is 5.92 Å². The van der Waals surface area contributed by atoms with E-state index in [1.807, 2.05) is 0 Å². The number of nitrogens with zero attached hydrogens (tertiary/aromatic N) is 1. The lowest BCUT2D eigenvalue weighted by molar-refractivity contribution is -0.150. The Morgan fingerprint density at radius 1 is 1.22 bits per heavy atom. The molecule has 0 bridgehead atoms.